The van der Waals surface area contributed by atoms with Gasteiger partial charge in [0.15, 0.2) is 0 Å². The van der Waals surface area contributed by atoms with Gasteiger partial charge in [-0.05, 0) is 60.7 Å². The van der Waals surface area contributed by atoms with Crippen LogP contribution in [0.1, 0.15) is 24.3 Å². The molecule has 130 valence electrons. The van der Waals surface area contributed by atoms with Gasteiger partial charge >= 0.3 is 0 Å². The summed E-state index contributed by atoms with van der Waals surface area (Å²) in [5.74, 6) is 0.342. The van der Waals surface area contributed by atoms with E-state index in [4.69, 9.17) is 11.6 Å². The fourth-order valence-electron chi connectivity index (χ4n) is 3.48. The van der Waals surface area contributed by atoms with Crippen LogP contribution in [0, 0.1) is 0 Å². The Morgan fingerprint density at radius 1 is 1.12 bits per heavy atom. The molecule has 1 N–H and O–H groups in total. The molecule has 25 heavy (non-hydrogen) atoms. The predicted octanol–water partition coefficient (Wildman–Crippen LogP) is 3.78. The molecule has 1 saturated heterocycles. The molecule has 0 aliphatic carbocycles. The molecule has 1 aliphatic heterocycles. The Hall–Kier alpha value is -1.89. The minimum absolute atomic E-state index is 0.298. The van der Waals surface area contributed by atoms with E-state index >= 15 is 0 Å². The third-order valence-corrected chi connectivity index (χ3v) is 6.99. The molecule has 0 saturated carbocycles. The van der Waals surface area contributed by atoms with Crippen LogP contribution in [-0.4, -0.2) is 35.8 Å². The van der Waals surface area contributed by atoms with Crippen LogP contribution in [-0.2, 0) is 10.0 Å². The molecule has 0 radical (unpaired) electrons. The van der Waals surface area contributed by atoms with Crippen molar-refractivity contribution in [3.8, 4) is 0 Å². The largest absolute Gasteiger partial charge is 0.346 e. The van der Waals surface area contributed by atoms with Gasteiger partial charge in [-0.15, -0.1) is 0 Å². The molecule has 1 aliphatic rings. The van der Waals surface area contributed by atoms with Crippen LogP contribution in [0.3, 0.4) is 0 Å². The first-order valence-corrected chi connectivity index (χ1v) is 10.1. The fourth-order valence-corrected chi connectivity index (χ4v) is 5.07. The van der Waals surface area contributed by atoms with E-state index in [-0.39, 0.29) is 0 Å². The number of aromatic nitrogens is 2. The summed E-state index contributed by atoms with van der Waals surface area (Å²) in [7, 11) is -3.46. The van der Waals surface area contributed by atoms with E-state index < -0.39 is 10.0 Å². The first kappa shape index (κ1) is 16.6. The van der Waals surface area contributed by atoms with Crippen LogP contribution in [0.15, 0.2) is 53.7 Å². The highest BCUT2D eigenvalue weighted by Gasteiger charge is 2.30. The van der Waals surface area contributed by atoms with Crippen molar-refractivity contribution in [2.75, 3.05) is 13.1 Å². The average Bonchev–Trinajstić information content (AvgIpc) is 3.06. The van der Waals surface area contributed by atoms with Crippen LogP contribution >= 0.6 is 11.6 Å². The number of sulfonamides is 1. The molecule has 1 aromatic carbocycles. The summed E-state index contributed by atoms with van der Waals surface area (Å²) in [6, 6.07) is 10.3. The zero-order valence-electron chi connectivity index (χ0n) is 13.5. The first-order valence-electron chi connectivity index (χ1n) is 8.23. The molecule has 0 amide bonds. The van der Waals surface area contributed by atoms with Crippen LogP contribution in [0.25, 0.3) is 11.0 Å². The second-order valence-corrected chi connectivity index (χ2v) is 8.65. The van der Waals surface area contributed by atoms with Gasteiger partial charge in [-0.25, -0.2) is 13.4 Å². The van der Waals surface area contributed by atoms with Crippen LogP contribution < -0.4 is 0 Å². The smallest absolute Gasteiger partial charge is 0.243 e. The number of nitrogens with zero attached hydrogens (tertiary/aromatic N) is 2. The number of H-pyrrole nitrogens is 1. The summed E-state index contributed by atoms with van der Waals surface area (Å²) < 4.78 is 27.1. The highest BCUT2D eigenvalue weighted by molar-refractivity contribution is 7.89. The van der Waals surface area contributed by atoms with E-state index in [1.54, 1.807) is 34.8 Å². The summed E-state index contributed by atoms with van der Waals surface area (Å²) in [6.45, 7) is 1.03. The molecule has 0 spiro atoms. The number of fused-ring (bicyclic) bond motifs is 1. The summed E-state index contributed by atoms with van der Waals surface area (Å²) in [4.78, 5) is 7.83. The quantitative estimate of drug-likeness (QED) is 0.757. The third-order valence-electron chi connectivity index (χ3n) is 4.83. The van der Waals surface area contributed by atoms with Crippen molar-refractivity contribution in [1.82, 2.24) is 14.3 Å². The zero-order valence-corrected chi connectivity index (χ0v) is 15.1. The van der Waals surface area contributed by atoms with Crippen molar-refractivity contribution >= 4 is 32.7 Å². The molecule has 3 heterocycles. The first-order chi connectivity index (χ1) is 12.1. The van der Waals surface area contributed by atoms with Crippen molar-refractivity contribution in [1.29, 1.82) is 0 Å². The molecule has 0 bridgehead atoms. The van der Waals surface area contributed by atoms with Gasteiger partial charge in [-0.1, -0.05) is 11.6 Å². The van der Waals surface area contributed by atoms with E-state index in [1.165, 1.54) is 5.56 Å². The van der Waals surface area contributed by atoms with Crippen molar-refractivity contribution in [2.24, 2.45) is 0 Å². The second-order valence-electron chi connectivity index (χ2n) is 6.28. The predicted molar refractivity (Wildman–Crippen MR) is 98.3 cm³/mol. The van der Waals surface area contributed by atoms with Gasteiger partial charge in [-0.3, -0.25) is 0 Å². The number of halogens is 1. The lowest BCUT2D eigenvalue weighted by Gasteiger charge is -2.31. The lowest BCUT2D eigenvalue weighted by Crippen LogP contribution is -2.37. The minimum Gasteiger partial charge on any atom is -0.346 e. The summed E-state index contributed by atoms with van der Waals surface area (Å²) >= 11 is 5.85. The molecular formula is C18H18ClN3O2S. The number of hydrogen-bond acceptors (Lipinski definition) is 3. The molecule has 4 rings (SSSR count). The second kappa shape index (κ2) is 6.44. The lowest BCUT2D eigenvalue weighted by atomic mass is 9.90. The maximum atomic E-state index is 12.8. The molecule has 0 unspecified atom stereocenters. The van der Waals surface area contributed by atoms with Gasteiger partial charge in [0, 0.05) is 35.9 Å². The number of hydrogen-bond donors (Lipinski definition) is 1. The van der Waals surface area contributed by atoms with E-state index in [0.717, 1.165) is 23.9 Å². The Labute approximate surface area is 151 Å². The Balaban J connectivity index is 1.52. The normalized spacial score (nSPS) is 17.2. The molecular weight excluding hydrogens is 358 g/mol. The Bertz CT molecular complexity index is 991. The molecule has 5 nitrogen and oxygen atoms in total. The molecule has 0 atom stereocenters. The number of rotatable bonds is 3. The summed E-state index contributed by atoms with van der Waals surface area (Å²) in [5.41, 5.74) is 2.11. The standard InChI is InChI=1S/C18H18ClN3O2S/c19-14-3-5-15(6-4-14)25(23,24)22-10-7-13(8-11-22)17-12-21-18-16(17)2-1-9-20-18/h1-6,9,12-13H,7-8,10-11H2,(H,20,21). The fraction of sp³-hybridized carbons (Fsp3) is 0.278. The number of aromatic amines is 1. The molecule has 7 heteroatoms. The van der Waals surface area contributed by atoms with Crippen molar-refractivity contribution < 1.29 is 8.42 Å². The lowest BCUT2D eigenvalue weighted by molar-refractivity contribution is 0.320. The van der Waals surface area contributed by atoms with E-state index in [9.17, 15) is 8.42 Å². The topological polar surface area (TPSA) is 66.1 Å². The van der Waals surface area contributed by atoms with Gasteiger partial charge in [0.2, 0.25) is 10.0 Å². The van der Waals surface area contributed by atoms with Gasteiger partial charge in [0.1, 0.15) is 5.65 Å². The van der Waals surface area contributed by atoms with E-state index in [1.807, 2.05) is 12.3 Å². The number of nitrogens with one attached hydrogen (secondary N) is 1. The Morgan fingerprint density at radius 3 is 2.56 bits per heavy atom. The van der Waals surface area contributed by atoms with E-state index in [2.05, 4.69) is 16.0 Å². The Morgan fingerprint density at radius 2 is 1.84 bits per heavy atom. The number of piperidine rings is 1. The zero-order chi connectivity index (χ0) is 17.4. The van der Waals surface area contributed by atoms with Crippen LogP contribution in [0.5, 0.6) is 0 Å². The SMILES string of the molecule is O=S(=O)(c1ccc(Cl)cc1)N1CCC(c2c[nH]c3ncccc23)CC1. The number of pyridine rings is 1. The highest BCUT2D eigenvalue weighted by Crippen LogP contribution is 2.34. The molecule has 1 fully saturated rings. The van der Waals surface area contributed by atoms with E-state index in [0.29, 0.717) is 28.9 Å². The van der Waals surface area contributed by atoms with Crippen LogP contribution in [0.2, 0.25) is 5.02 Å². The molecule has 2 aromatic heterocycles. The highest BCUT2D eigenvalue weighted by atomic mass is 35.5. The van der Waals surface area contributed by atoms with Crippen molar-refractivity contribution in [2.45, 2.75) is 23.7 Å². The maximum Gasteiger partial charge on any atom is 0.243 e. The Kier molecular flexibility index (Phi) is 4.27. The summed E-state index contributed by atoms with van der Waals surface area (Å²) in [5, 5.41) is 1.66. The van der Waals surface area contributed by atoms with Gasteiger partial charge in [0.25, 0.3) is 0 Å². The summed E-state index contributed by atoms with van der Waals surface area (Å²) in [6.07, 6.45) is 5.37. The number of benzene rings is 1. The third kappa shape index (κ3) is 3.05. The monoisotopic (exact) mass is 375 g/mol. The van der Waals surface area contributed by atoms with Gasteiger partial charge in [-0.2, -0.15) is 4.31 Å². The van der Waals surface area contributed by atoms with Crippen LogP contribution in [0.4, 0.5) is 0 Å². The molecule has 3 aromatic rings. The minimum atomic E-state index is -3.46. The van der Waals surface area contributed by atoms with Gasteiger partial charge in [0.05, 0.1) is 4.90 Å². The maximum absolute atomic E-state index is 12.8. The van der Waals surface area contributed by atoms with Crippen molar-refractivity contribution in [3.05, 3.63) is 59.4 Å². The van der Waals surface area contributed by atoms with Gasteiger partial charge < -0.3 is 4.98 Å². The van der Waals surface area contributed by atoms with Crippen molar-refractivity contribution in [3.63, 3.8) is 0 Å². The average molecular weight is 376 g/mol.